The van der Waals surface area contributed by atoms with Crippen LogP contribution in [-0.2, 0) is 16.0 Å². The molecule has 0 saturated carbocycles. The van der Waals surface area contributed by atoms with Crippen LogP contribution in [0.25, 0.3) is 0 Å². The van der Waals surface area contributed by atoms with Crippen LogP contribution in [0, 0.1) is 0 Å². The Kier molecular flexibility index (Phi) is 7.48. The van der Waals surface area contributed by atoms with Crippen LogP contribution in [0.3, 0.4) is 0 Å². The maximum absolute atomic E-state index is 12.0. The Morgan fingerprint density at radius 3 is 2.31 bits per heavy atom. The molecule has 0 unspecified atom stereocenters. The normalized spacial score (nSPS) is 10.3. The quantitative estimate of drug-likeness (QED) is 0.769. The molecule has 138 valence electrons. The lowest BCUT2D eigenvalue weighted by Crippen LogP contribution is -2.38. The molecule has 2 amide bonds. The Morgan fingerprint density at radius 2 is 1.73 bits per heavy atom. The van der Waals surface area contributed by atoms with Crippen LogP contribution in [0.4, 0.5) is 5.69 Å². The van der Waals surface area contributed by atoms with E-state index in [0.29, 0.717) is 24.7 Å². The predicted octanol–water partition coefficient (Wildman–Crippen LogP) is 3.45. The second kappa shape index (κ2) is 9.82. The number of hydrogen-bond acceptors (Lipinski definition) is 3. The highest BCUT2D eigenvalue weighted by Crippen LogP contribution is 2.19. The van der Waals surface area contributed by atoms with E-state index >= 15 is 0 Å². The molecule has 0 aliphatic carbocycles. The number of rotatable bonds is 8. The number of benzene rings is 2. The highest BCUT2D eigenvalue weighted by molar-refractivity contribution is 6.30. The standard InChI is InChI=1S/C20H23ClN2O3/c1-3-26-19-10-8-18(9-11-19)23(15(2)24)13-12-22-20(25)14-16-4-6-17(21)7-5-16/h4-11H,3,12-14H2,1-2H3,(H,22,25). The van der Waals surface area contributed by atoms with Crippen LogP contribution in [0.1, 0.15) is 19.4 Å². The van der Waals surface area contributed by atoms with Gasteiger partial charge in [0.1, 0.15) is 5.75 Å². The molecule has 26 heavy (non-hydrogen) atoms. The fraction of sp³-hybridized carbons (Fsp3) is 0.300. The van der Waals surface area contributed by atoms with Gasteiger partial charge in [-0.15, -0.1) is 0 Å². The van der Waals surface area contributed by atoms with E-state index in [1.54, 1.807) is 17.0 Å². The van der Waals surface area contributed by atoms with E-state index in [9.17, 15) is 9.59 Å². The summed E-state index contributed by atoms with van der Waals surface area (Å²) in [5.41, 5.74) is 1.66. The van der Waals surface area contributed by atoms with Crippen LogP contribution < -0.4 is 15.0 Å². The molecule has 6 heteroatoms. The first-order valence-electron chi connectivity index (χ1n) is 8.51. The van der Waals surface area contributed by atoms with Crippen molar-refractivity contribution in [2.75, 3.05) is 24.6 Å². The predicted molar refractivity (Wildman–Crippen MR) is 104 cm³/mol. The highest BCUT2D eigenvalue weighted by atomic mass is 35.5. The fourth-order valence-corrected chi connectivity index (χ4v) is 2.64. The van der Waals surface area contributed by atoms with Gasteiger partial charge in [0, 0.05) is 30.7 Å². The summed E-state index contributed by atoms with van der Waals surface area (Å²) in [6, 6.07) is 14.5. The molecule has 0 radical (unpaired) electrons. The van der Waals surface area contributed by atoms with Crippen molar-refractivity contribution in [3.8, 4) is 5.75 Å². The van der Waals surface area contributed by atoms with Gasteiger partial charge in [-0.3, -0.25) is 9.59 Å². The lowest BCUT2D eigenvalue weighted by atomic mass is 10.1. The smallest absolute Gasteiger partial charge is 0.224 e. The lowest BCUT2D eigenvalue weighted by Gasteiger charge is -2.21. The second-order valence-corrected chi connectivity index (χ2v) is 6.19. The van der Waals surface area contributed by atoms with Gasteiger partial charge in [-0.05, 0) is 48.9 Å². The Bertz CT molecular complexity index is 730. The molecule has 0 bridgehead atoms. The maximum atomic E-state index is 12.0. The molecular weight excluding hydrogens is 352 g/mol. The Hall–Kier alpha value is -2.53. The number of hydrogen-bond donors (Lipinski definition) is 1. The minimum atomic E-state index is -0.0949. The summed E-state index contributed by atoms with van der Waals surface area (Å²) in [6.45, 7) is 4.79. The van der Waals surface area contributed by atoms with Gasteiger partial charge in [0.05, 0.1) is 13.0 Å². The van der Waals surface area contributed by atoms with Gasteiger partial charge in [-0.1, -0.05) is 23.7 Å². The number of carbonyl (C=O) groups is 2. The third kappa shape index (κ3) is 6.08. The monoisotopic (exact) mass is 374 g/mol. The molecule has 0 atom stereocenters. The summed E-state index contributed by atoms with van der Waals surface area (Å²) in [5.74, 6) is 0.583. The molecule has 0 saturated heterocycles. The fourth-order valence-electron chi connectivity index (χ4n) is 2.51. The van der Waals surface area contributed by atoms with Crippen molar-refractivity contribution in [3.05, 3.63) is 59.1 Å². The number of nitrogens with one attached hydrogen (secondary N) is 1. The number of amides is 2. The minimum Gasteiger partial charge on any atom is -0.494 e. The first-order valence-corrected chi connectivity index (χ1v) is 8.89. The SMILES string of the molecule is CCOc1ccc(N(CCNC(=O)Cc2ccc(Cl)cc2)C(C)=O)cc1. The van der Waals surface area contributed by atoms with E-state index in [-0.39, 0.29) is 18.2 Å². The molecule has 1 N–H and O–H groups in total. The van der Waals surface area contributed by atoms with Crippen molar-refractivity contribution >= 4 is 29.1 Å². The van der Waals surface area contributed by atoms with E-state index < -0.39 is 0 Å². The van der Waals surface area contributed by atoms with Crippen molar-refractivity contribution in [2.45, 2.75) is 20.3 Å². The van der Waals surface area contributed by atoms with Crippen LogP contribution in [0.15, 0.2) is 48.5 Å². The lowest BCUT2D eigenvalue weighted by molar-refractivity contribution is -0.121. The summed E-state index contributed by atoms with van der Waals surface area (Å²) in [7, 11) is 0. The van der Waals surface area contributed by atoms with Crippen LogP contribution >= 0.6 is 11.6 Å². The summed E-state index contributed by atoms with van der Waals surface area (Å²) >= 11 is 5.84. The Balaban J connectivity index is 1.87. The summed E-state index contributed by atoms with van der Waals surface area (Å²) in [6.07, 6.45) is 0.278. The minimum absolute atomic E-state index is 0.0823. The number of anilines is 1. The van der Waals surface area contributed by atoms with Gasteiger partial charge >= 0.3 is 0 Å². The topological polar surface area (TPSA) is 58.6 Å². The zero-order valence-electron chi connectivity index (χ0n) is 15.0. The van der Waals surface area contributed by atoms with Gasteiger partial charge in [-0.2, -0.15) is 0 Å². The number of ether oxygens (including phenoxy) is 1. The molecule has 2 aromatic rings. The molecule has 2 rings (SSSR count). The van der Waals surface area contributed by atoms with Gasteiger partial charge in [0.2, 0.25) is 11.8 Å². The summed E-state index contributed by atoms with van der Waals surface area (Å²) in [5, 5.41) is 3.48. The van der Waals surface area contributed by atoms with Gasteiger partial charge in [0.25, 0.3) is 0 Å². The van der Waals surface area contributed by atoms with Crippen molar-refractivity contribution < 1.29 is 14.3 Å². The van der Waals surface area contributed by atoms with Crippen LogP contribution in [-0.4, -0.2) is 31.5 Å². The average molecular weight is 375 g/mol. The summed E-state index contributed by atoms with van der Waals surface area (Å²) in [4.78, 5) is 25.6. The number of carbonyl (C=O) groups excluding carboxylic acids is 2. The molecule has 0 spiro atoms. The molecule has 5 nitrogen and oxygen atoms in total. The molecule has 2 aromatic carbocycles. The van der Waals surface area contributed by atoms with E-state index in [1.807, 2.05) is 43.3 Å². The van der Waals surface area contributed by atoms with Gasteiger partial charge in [0.15, 0.2) is 0 Å². The third-order valence-corrected chi connectivity index (χ3v) is 4.03. The van der Waals surface area contributed by atoms with E-state index in [1.165, 1.54) is 6.92 Å². The molecule has 0 aromatic heterocycles. The number of halogens is 1. The zero-order valence-corrected chi connectivity index (χ0v) is 15.8. The average Bonchev–Trinajstić information content (AvgIpc) is 2.62. The molecule has 0 aliphatic rings. The molecule has 0 aliphatic heterocycles. The van der Waals surface area contributed by atoms with Gasteiger partial charge in [-0.25, -0.2) is 0 Å². The zero-order chi connectivity index (χ0) is 18.9. The second-order valence-electron chi connectivity index (χ2n) is 5.75. The van der Waals surface area contributed by atoms with Crippen LogP contribution in [0.2, 0.25) is 5.02 Å². The number of nitrogens with zero attached hydrogens (tertiary/aromatic N) is 1. The molecule has 0 heterocycles. The Morgan fingerprint density at radius 1 is 1.08 bits per heavy atom. The third-order valence-electron chi connectivity index (χ3n) is 3.78. The van der Waals surface area contributed by atoms with E-state index in [0.717, 1.165) is 17.0 Å². The van der Waals surface area contributed by atoms with E-state index in [4.69, 9.17) is 16.3 Å². The molecular formula is C20H23ClN2O3. The van der Waals surface area contributed by atoms with Crippen molar-refractivity contribution in [2.24, 2.45) is 0 Å². The maximum Gasteiger partial charge on any atom is 0.224 e. The van der Waals surface area contributed by atoms with Gasteiger partial charge < -0.3 is 15.0 Å². The largest absolute Gasteiger partial charge is 0.494 e. The van der Waals surface area contributed by atoms with Crippen LogP contribution in [0.5, 0.6) is 5.75 Å². The van der Waals surface area contributed by atoms with E-state index in [2.05, 4.69) is 5.32 Å². The first kappa shape index (κ1) is 19.8. The van der Waals surface area contributed by atoms with Crippen molar-refractivity contribution in [1.29, 1.82) is 0 Å². The van der Waals surface area contributed by atoms with Crippen molar-refractivity contribution in [3.63, 3.8) is 0 Å². The first-order chi connectivity index (χ1) is 12.5. The van der Waals surface area contributed by atoms with Crippen molar-refractivity contribution in [1.82, 2.24) is 5.32 Å². The summed E-state index contributed by atoms with van der Waals surface area (Å²) < 4.78 is 5.41. The Labute approximate surface area is 158 Å². The molecule has 0 fully saturated rings. The highest BCUT2D eigenvalue weighted by Gasteiger charge is 2.12.